The first-order chi connectivity index (χ1) is 9.24. The Morgan fingerprint density at radius 1 is 1.37 bits per heavy atom. The molecule has 0 spiro atoms. The number of hydrogen-bond acceptors (Lipinski definition) is 5. The van der Waals surface area contributed by atoms with Gasteiger partial charge >= 0.3 is 0 Å². The fourth-order valence-electron chi connectivity index (χ4n) is 2.50. The highest BCUT2D eigenvalue weighted by Crippen LogP contribution is 2.32. The molecule has 2 N–H and O–H groups in total. The zero-order valence-corrected chi connectivity index (χ0v) is 10.9. The molecule has 1 aliphatic rings. The van der Waals surface area contributed by atoms with Crippen molar-refractivity contribution >= 4 is 5.95 Å². The number of nitrogens with zero attached hydrogens (tertiary/aromatic N) is 4. The molecule has 0 saturated carbocycles. The molecular weight excluding hydrogens is 242 g/mol. The molecule has 1 fully saturated rings. The second kappa shape index (κ2) is 4.97. The van der Waals surface area contributed by atoms with Gasteiger partial charge in [0.25, 0.3) is 0 Å². The minimum Gasteiger partial charge on any atom is -0.381 e. The maximum absolute atomic E-state index is 5.66. The average Bonchev–Trinajstić information content (AvgIpc) is 2.82. The predicted molar refractivity (Wildman–Crippen MR) is 71.4 cm³/mol. The third kappa shape index (κ3) is 2.44. The summed E-state index contributed by atoms with van der Waals surface area (Å²) in [6.45, 7) is 1.60. The van der Waals surface area contributed by atoms with Crippen molar-refractivity contribution in [2.24, 2.45) is 7.05 Å². The van der Waals surface area contributed by atoms with Gasteiger partial charge in [0.05, 0.1) is 11.4 Å². The van der Waals surface area contributed by atoms with Crippen LogP contribution in [0.4, 0.5) is 5.95 Å². The summed E-state index contributed by atoms with van der Waals surface area (Å²) in [4.78, 5) is 8.23. The van der Waals surface area contributed by atoms with Crippen LogP contribution in [0.1, 0.15) is 24.5 Å². The van der Waals surface area contributed by atoms with Crippen molar-refractivity contribution in [1.29, 1.82) is 0 Å². The van der Waals surface area contributed by atoms with Gasteiger partial charge in [-0.3, -0.25) is 4.68 Å². The monoisotopic (exact) mass is 259 g/mol. The third-order valence-electron chi connectivity index (χ3n) is 3.42. The molecule has 6 nitrogen and oxygen atoms in total. The molecule has 2 aromatic rings. The first kappa shape index (κ1) is 12.1. The van der Waals surface area contributed by atoms with Crippen molar-refractivity contribution in [3.8, 4) is 11.3 Å². The molecule has 19 heavy (non-hydrogen) atoms. The van der Waals surface area contributed by atoms with Crippen molar-refractivity contribution in [3.63, 3.8) is 0 Å². The number of aromatic nitrogens is 4. The first-order valence-corrected chi connectivity index (χ1v) is 6.44. The molecule has 2 aromatic heterocycles. The number of anilines is 1. The van der Waals surface area contributed by atoms with E-state index in [4.69, 9.17) is 10.5 Å². The van der Waals surface area contributed by atoms with Crippen molar-refractivity contribution < 1.29 is 4.74 Å². The number of nitrogen functional groups attached to an aromatic ring is 1. The second-order valence-electron chi connectivity index (χ2n) is 4.79. The van der Waals surface area contributed by atoms with E-state index in [2.05, 4.69) is 15.1 Å². The minimum atomic E-state index is 0.291. The standard InChI is InChI=1S/C13H17N5O/c1-18-8-10(11-2-5-15-13(14)16-11)12(17-18)9-3-6-19-7-4-9/h2,5,8-9H,3-4,6-7H2,1H3,(H2,14,15,16). The molecule has 3 rings (SSSR count). The van der Waals surface area contributed by atoms with E-state index in [1.807, 2.05) is 24.0 Å². The lowest BCUT2D eigenvalue weighted by Gasteiger charge is -2.21. The van der Waals surface area contributed by atoms with E-state index >= 15 is 0 Å². The quantitative estimate of drug-likeness (QED) is 0.880. The minimum absolute atomic E-state index is 0.291. The maximum atomic E-state index is 5.66. The Kier molecular flexibility index (Phi) is 3.16. The molecule has 0 radical (unpaired) electrons. The predicted octanol–water partition coefficient (Wildman–Crippen LogP) is 1.35. The van der Waals surface area contributed by atoms with Gasteiger partial charge in [-0.05, 0) is 18.9 Å². The number of nitrogens with two attached hydrogens (primary N) is 1. The fourth-order valence-corrected chi connectivity index (χ4v) is 2.50. The molecule has 0 unspecified atom stereocenters. The van der Waals surface area contributed by atoms with Crippen LogP contribution >= 0.6 is 0 Å². The molecule has 6 heteroatoms. The van der Waals surface area contributed by atoms with Gasteiger partial charge in [0.2, 0.25) is 5.95 Å². The van der Waals surface area contributed by atoms with E-state index in [1.54, 1.807) is 6.20 Å². The Bertz CT molecular complexity index is 574. The largest absolute Gasteiger partial charge is 0.381 e. The topological polar surface area (TPSA) is 78.9 Å². The smallest absolute Gasteiger partial charge is 0.220 e. The summed E-state index contributed by atoms with van der Waals surface area (Å²) < 4.78 is 7.24. The van der Waals surface area contributed by atoms with Crippen molar-refractivity contribution in [2.45, 2.75) is 18.8 Å². The van der Waals surface area contributed by atoms with Crippen LogP contribution in [0.3, 0.4) is 0 Å². The number of ether oxygens (including phenoxy) is 1. The Morgan fingerprint density at radius 2 is 2.16 bits per heavy atom. The molecule has 0 bridgehead atoms. The van der Waals surface area contributed by atoms with E-state index in [1.165, 1.54) is 0 Å². The van der Waals surface area contributed by atoms with Crippen molar-refractivity contribution in [3.05, 3.63) is 24.2 Å². The molecular formula is C13H17N5O. The lowest BCUT2D eigenvalue weighted by atomic mass is 9.93. The van der Waals surface area contributed by atoms with Gasteiger partial charge in [-0.25, -0.2) is 9.97 Å². The fraction of sp³-hybridized carbons (Fsp3) is 0.462. The summed E-state index contributed by atoms with van der Waals surface area (Å²) in [5.74, 6) is 0.723. The van der Waals surface area contributed by atoms with E-state index in [-0.39, 0.29) is 0 Å². The first-order valence-electron chi connectivity index (χ1n) is 6.44. The van der Waals surface area contributed by atoms with Crippen LogP contribution in [-0.2, 0) is 11.8 Å². The molecule has 0 aromatic carbocycles. The highest BCUT2D eigenvalue weighted by Gasteiger charge is 2.23. The summed E-state index contributed by atoms with van der Waals surface area (Å²) in [7, 11) is 1.93. The van der Waals surface area contributed by atoms with Gasteiger partial charge in [-0.1, -0.05) is 0 Å². The summed E-state index contributed by atoms with van der Waals surface area (Å²) in [5, 5.41) is 4.60. The van der Waals surface area contributed by atoms with Crippen LogP contribution in [0.2, 0.25) is 0 Å². The number of rotatable bonds is 2. The van der Waals surface area contributed by atoms with E-state index in [9.17, 15) is 0 Å². The van der Waals surface area contributed by atoms with Gasteiger partial charge in [-0.2, -0.15) is 5.10 Å². The second-order valence-corrected chi connectivity index (χ2v) is 4.79. The van der Waals surface area contributed by atoms with Crippen LogP contribution in [0.25, 0.3) is 11.3 Å². The molecule has 1 aliphatic heterocycles. The van der Waals surface area contributed by atoms with Crippen molar-refractivity contribution in [2.75, 3.05) is 18.9 Å². The molecule has 1 saturated heterocycles. The molecule has 0 atom stereocenters. The highest BCUT2D eigenvalue weighted by molar-refractivity contribution is 5.62. The lowest BCUT2D eigenvalue weighted by molar-refractivity contribution is 0.0845. The molecule has 3 heterocycles. The average molecular weight is 259 g/mol. The van der Waals surface area contributed by atoms with Crippen molar-refractivity contribution in [1.82, 2.24) is 19.7 Å². The van der Waals surface area contributed by atoms with Crippen LogP contribution < -0.4 is 5.73 Å². The van der Waals surface area contributed by atoms with Crippen LogP contribution in [0, 0.1) is 0 Å². The zero-order chi connectivity index (χ0) is 13.2. The van der Waals surface area contributed by atoms with Crippen LogP contribution in [0.5, 0.6) is 0 Å². The van der Waals surface area contributed by atoms with Gasteiger partial charge < -0.3 is 10.5 Å². The third-order valence-corrected chi connectivity index (χ3v) is 3.42. The van der Waals surface area contributed by atoms with E-state index < -0.39 is 0 Å². The Morgan fingerprint density at radius 3 is 2.89 bits per heavy atom. The van der Waals surface area contributed by atoms with Gasteiger partial charge in [0, 0.05) is 44.1 Å². The van der Waals surface area contributed by atoms with Gasteiger partial charge in [0.1, 0.15) is 0 Å². The summed E-state index contributed by atoms with van der Waals surface area (Å²) in [5.41, 5.74) is 8.63. The van der Waals surface area contributed by atoms with E-state index in [0.717, 1.165) is 43.0 Å². The summed E-state index contributed by atoms with van der Waals surface area (Å²) in [6.07, 6.45) is 5.68. The maximum Gasteiger partial charge on any atom is 0.220 e. The lowest BCUT2D eigenvalue weighted by Crippen LogP contribution is -2.15. The van der Waals surface area contributed by atoms with Crippen LogP contribution in [-0.4, -0.2) is 33.0 Å². The summed E-state index contributed by atoms with van der Waals surface area (Å²) >= 11 is 0. The van der Waals surface area contributed by atoms with Gasteiger partial charge in [-0.15, -0.1) is 0 Å². The molecule has 100 valence electrons. The summed E-state index contributed by atoms with van der Waals surface area (Å²) in [6, 6.07) is 1.87. The molecule has 0 aliphatic carbocycles. The Hall–Kier alpha value is -1.95. The number of aryl methyl sites for hydroxylation is 1. The highest BCUT2D eigenvalue weighted by atomic mass is 16.5. The van der Waals surface area contributed by atoms with Crippen LogP contribution in [0.15, 0.2) is 18.5 Å². The zero-order valence-electron chi connectivity index (χ0n) is 10.9. The SMILES string of the molecule is Cn1cc(-c2ccnc(N)n2)c(C2CCOCC2)n1. The van der Waals surface area contributed by atoms with Gasteiger partial charge in [0.15, 0.2) is 0 Å². The Labute approximate surface area is 111 Å². The normalized spacial score (nSPS) is 16.7. The molecule has 0 amide bonds. The van der Waals surface area contributed by atoms with E-state index in [0.29, 0.717) is 11.9 Å². The number of hydrogen-bond donors (Lipinski definition) is 1. The Balaban J connectivity index is 2.01.